The quantitative estimate of drug-likeness (QED) is 0.718. The first kappa shape index (κ1) is 20.6. The molecule has 0 spiro atoms. The first-order valence-corrected chi connectivity index (χ1v) is 8.87. The summed E-state index contributed by atoms with van der Waals surface area (Å²) in [7, 11) is 0. The summed E-state index contributed by atoms with van der Waals surface area (Å²) < 4.78 is 39.9. The average Bonchev–Trinajstić information content (AvgIpc) is 2.87. The van der Waals surface area contributed by atoms with Gasteiger partial charge in [0.25, 0.3) is 0 Å². The highest BCUT2D eigenvalue weighted by atomic mass is 35.5. The molecule has 0 unspecified atom stereocenters. The molecular weight excluding hydrogens is 367 g/mol. The zero-order valence-electron chi connectivity index (χ0n) is 15.3. The predicted octanol–water partition coefficient (Wildman–Crippen LogP) is 4.69. The molecule has 0 saturated carbocycles. The summed E-state index contributed by atoms with van der Waals surface area (Å²) in [4.78, 5) is 18.6. The number of amides is 1. The number of alkyl halides is 3. The third-order valence-electron chi connectivity index (χ3n) is 3.74. The van der Waals surface area contributed by atoms with Gasteiger partial charge in [-0.25, -0.2) is 4.98 Å². The third-order valence-corrected chi connectivity index (χ3v) is 4.02. The van der Waals surface area contributed by atoms with E-state index in [1.165, 1.54) is 10.6 Å². The number of imidazole rings is 1. The topological polar surface area (TPSA) is 37.6 Å². The first-order valence-electron chi connectivity index (χ1n) is 8.49. The predicted molar refractivity (Wildman–Crippen MR) is 95.2 cm³/mol. The molecule has 0 radical (unpaired) electrons. The zero-order valence-corrected chi connectivity index (χ0v) is 16.0. The monoisotopic (exact) mass is 389 g/mol. The van der Waals surface area contributed by atoms with Gasteiger partial charge in [-0.3, -0.25) is 4.79 Å². The Morgan fingerprint density at radius 1 is 1.19 bits per heavy atom. The van der Waals surface area contributed by atoms with Gasteiger partial charge in [0, 0.05) is 25.5 Å². The van der Waals surface area contributed by atoms with Crippen LogP contribution in [0, 0.1) is 11.8 Å². The van der Waals surface area contributed by atoms with E-state index in [1.807, 2.05) is 27.7 Å². The molecule has 2 aromatic heterocycles. The Hall–Kier alpha value is -1.76. The van der Waals surface area contributed by atoms with Gasteiger partial charge in [0.15, 0.2) is 5.65 Å². The Bertz CT molecular complexity index is 774. The van der Waals surface area contributed by atoms with Crippen molar-refractivity contribution < 1.29 is 18.0 Å². The number of nitrogens with zero attached hydrogens (tertiary/aromatic N) is 3. The van der Waals surface area contributed by atoms with Crippen molar-refractivity contribution in [3.63, 3.8) is 0 Å². The smallest absolute Gasteiger partial charge is 0.342 e. The fourth-order valence-corrected chi connectivity index (χ4v) is 3.03. The van der Waals surface area contributed by atoms with Gasteiger partial charge < -0.3 is 9.30 Å². The van der Waals surface area contributed by atoms with Crippen LogP contribution in [0.15, 0.2) is 18.5 Å². The SMILES string of the molecule is CC(C)CN(CC(C)C)C(=O)Cc1cn2cc(C(F)(F)F)cc(Cl)c2n1. The van der Waals surface area contributed by atoms with E-state index < -0.39 is 11.7 Å². The van der Waals surface area contributed by atoms with Crippen molar-refractivity contribution in [2.45, 2.75) is 40.3 Å². The summed E-state index contributed by atoms with van der Waals surface area (Å²) in [6, 6.07) is 0.847. The number of aromatic nitrogens is 2. The molecule has 144 valence electrons. The van der Waals surface area contributed by atoms with Gasteiger partial charge in [-0.1, -0.05) is 39.3 Å². The van der Waals surface area contributed by atoms with Crippen LogP contribution in [0.2, 0.25) is 5.02 Å². The number of hydrogen-bond acceptors (Lipinski definition) is 2. The van der Waals surface area contributed by atoms with Crippen LogP contribution in [0.3, 0.4) is 0 Å². The Balaban J connectivity index is 2.26. The minimum atomic E-state index is -4.50. The van der Waals surface area contributed by atoms with Gasteiger partial charge in [0.1, 0.15) is 0 Å². The van der Waals surface area contributed by atoms with E-state index >= 15 is 0 Å². The van der Waals surface area contributed by atoms with Crippen LogP contribution in [0.5, 0.6) is 0 Å². The van der Waals surface area contributed by atoms with Crippen molar-refractivity contribution in [2.75, 3.05) is 13.1 Å². The second-order valence-corrected chi connectivity index (χ2v) is 7.71. The molecule has 0 bridgehead atoms. The van der Waals surface area contributed by atoms with Gasteiger partial charge in [-0.05, 0) is 17.9 Å². The molecule has 2 heterocycles. The van der Waals surface area contributed by atoms with Crippen molar-refractivity contribution in [1.82, 2.24) is 14.3 Å². The lowest BCUT2D eigenvalue weighted by molar-refractivity contribution is -0.138. The number of halogens is 4. The summed E-state index contributed by atoms with van der Waals surface area (Å²) >= 11 is 5.94. The van der Waals surface area contributed by atoms with Gasteiger partial charge in [0.05, 0.1) is 22.7 Å². The maximum atomic E-state index is 12.9. The molecule has 1 amide bonds. The van der Waals surface area contributed by atoms with Crippen LogP contribution in [0.1, 0.15) is 39.0 Å². The number of carbonyl (C=O) groups excluding carboxylic acids is 1. The Morgan fingerprint density at radius 3 is 2.27 bits per heavy atom. The standard InChI is InChI=1S/C18H23ClF3N3O/c1-11(2)7-24(8-12(3)4)16(26)6-14-10-25-9-13(18(20,21)22)5-15(19)17(25)23-14/h5,9-12H,6-8H2,1-4H3. The van der Waals surface area contributed by atoms with E-state index in [-0.39, 0.29) is 23.0 Å². The maximum Gasteiger partial charge on any atom is 0.417 e. The van der Waals surface area contributed by atoms with Crippen LogP contribution in [-0.4, -0.2) is 33.3 Å². The lowest BCUT2D eigenvalue weighted by Gasteiger charge is -2.26. The summed E-state index contributed by atoms with van der Waals surface area (Å²) in [6.45, 7) is 9.38. The fraction of sp³-hybridized carbons (Fsp3) is 0.556. The minimum Gasteiger partial charge on any atom is -0.342 e. The molecule has 0 aromatic carbocycles. The second kappa shape index (κ2) is 7.86. The number of pyridine rings is 1. The third kappa shape index (κ3) is 5.13. The van der Waals surface area contributed by atoms with Crippen LogP contribution in [0.4, 0.5) is 13.2 Å². The summed E-state index contributed by atoms with van der Waals surface area (Å²) in [5.74, 6) is 0.549. The van der Waals surface area contributed by atoms with Gasteiger partial charge in [0.2, 0.25) is 5.91 Å². The van der Waals surface area contributed by atoms with E-state index in [2.05, 4.69) is 4.98 Å². The van der Waals surface area contributed by atoms with Crippen molar-refractivity contribution in [2.24, 2.45) is 11.8 Å². The largest absolute Gasteiger partial charge is 0.417 e. The lowest BCUT2D eigenvalue weighted by Crippen LogP contribution is -2.38. The molecule has 26 heavy (non-hydrogen) atoms. The molecule has 2 aromatic rings. The number of rotatable bonds is 6. The number of hydrogen-bond donors (Lipinski definition) is 0. The Kier molecular flexibility index (Phi) is 6.21. The highest BCUT2D eigenvalue weighted by Crippen LogP contribution is 2.32. The van der Waals surface area contributed by atoms with Gasteiger partial charge in [-0.15, -0.1) is 0 Å². The average molecular weight is 390 g/mol. The Morgan fingerprint density at radius 2 is 1.77 bits per heavy atom. The normalized spacial score (nSPS) is 12.4. The molecule has 0 fully saturated rings. The second-order valence-electron chi connectivity index (χ2n) is 7.30. The van der Waals surface area contributed by atoms with E-state index in [9.17, 15) is 18.0 Å². The molecule has 0 aliphatic carbocycles. The van der Waals surface area contributed by atoms with Crippen molar-refractivity contribution in [1.29, 1.82) is 0 Å². The number of fused-ring (bicyclic) bond motifs is 1. The van der Waals surface area contributed by atoms with Crippen molar-refractivity contribution in [3.8, 4) is 0 Å². The summed E-state index contributed by atoms with van der Waals surface area (Å²) in [5.41, 5.74) is -0.248. The fourth-order valence-electron chi connectivity index (χ4n) is 2.77. The molecule has 0 saturated heterocycles. The molecule has 0 aliphatic heterocycles. The van der Waals surface area contributed by atoms with E-state index in [0.717, 1.165) is 12.3 Å². The molecule has 0 aliphatic rings. The number of carbonyl (C=O) groups is 1. The van der Waals surface area contributed by atoms with Crippen LogP contribution in [-0.2, 0) is 17.4 Å². The molecular formula is C18H23ClF3N3O. The summed E-state index contributed by atoms with van der Waals surface area (Å²) in [5, 5.41) is -0.0975. The van der Waals surface area contributed by atoms with E-state index in [4.69, 9.17) is 11.6 Å². The van der Waals surface area contributed by atoms with Crippen molar-refractivity contribution in [3.05, 3.63) is 34.7 Å². The summed E-state index contributed by atoms with van der Waals surface area (Å²) in [6.07, 6.45) is -2.11. The minimum absolute atomic E-state index is 0.0266. The van der Waals surface area contributed by atoms with Crippen LogP contribution < -0.4 is 0 Å². The van der Waals surface area contributed by atoms with E-state index in [1.54, 1.807) is 4.90 Å². The molecule has 0 N–H and O–H groups in total. The highest BCUT2D eigenvalue weighted by Gasteiger charge is 2.32. The molecule has 8 heteroatoms. The lowest BCUT2D eigenvalue weighted by atomic mass is 10.1. The van der Waals surface area contributed by atoms with Gasteiger partial charge >= 0.3 is 6.18 Å². The maximum absolute atomic E-state index is 12.9. The molecule has 4 nitrogen and oxygen atoms in total. The first-order chi connectivity index (χ1) is 12.0. The van der Waals surface area contributed by atoms with Crippen LogP contribution >= 0.6 is 11.6 Å². The molecule has 0 atom stereocenters. The highest BCUT2D eigenvalue weighted by molar-refractivity contribution is 6.33. The van der Waals surface area contributed by atoms with Crippen molar-refractivity contribution >= 4 is 23.2 Å². The van der Waals surface area contributed by atoms with Gasteiger partial charge in [-0.2, -0.15) is 13.2 Å². The zero-order chi connectivity index (χ0) is 19.6. The Labute approximate surface area is 156 Å². The molecule has 2 rings (SSSR count). The van der Waals surface area contributed by atoms with E-state index in [0.29, 0.717) is 30.6 Å². The van der Waals surface area contributed by atoms with Crippen LogP contribution in [0.25, 0.3) is 5.65 Å².